The fraction of sp³-hybridized carbons (Fsp3) is 0.412. The third-order valence-electron chi connectivity index (χ3n) is 7.46. The zero-order valence-corrected chi connectivity index (χ0v) is 29.0. The summed E-state index contributed by atoms with van der Waals surface area (Å²) in [5.74, 6) is -2.59. The van der Waals surface area contributed by atoms with Crippen molar-refractivity contribution in [2.45, 2.75) is 57.0 Å². The van der Waals surface area contributed by atoms with E-state index in [4.69, 9.17) is 4.74 Å². The molecular formula is C34H42N4O8S2. The largest absolute Gasteiger partial charge is 0.483 e. The van der Waals surface area contributed by atoms with Gasteiger partial charge in [-0.2, -0.15) is 0 Å². The molecule has 3 aromatic rings. The number of carbonyl (C=O) groups is 4. The van der Waals surface area contributed by atoms with Crippen LogP contribution in [-0.2, 0) is 35.4 Å². The molecule has 1 heterocycles. The summed E-state index contributed by atoms with van der Waals surface area (Å²) in [6, 6.07) is 18.0. The van der Waals surface area contributed by atoms with Crippen LogP contribution in [0.4, 0.5) is 0 Å². The molecular weight excluding hydrogens is 657 g/mol. The van der Waals surface area contributed by atoms with Crippen LogP contribution in [0.3, 0.4) is 0 Å². The zero-order chi connectivity index (χ0) is 35.1. The summed E-state index contributed by atoms with van der Waals surface area (Å²) in [7, 11) is -3.79. The molecule has 0 bridgehead atoms. The highest BCUT2D eigenvalue weighted by Crippen LogP contribution is 2.25. The second-order valence-corrected chi connectivity index (χ2v) is 16.0. The average molecular weight is 699 g/mol. The molecule has 1 aliphatic heterocycles. The molecule has 0 aromatic heterocycles. The molecule has 0 spiro atoms. The van der Waals surface area contributed by atoms with Crippen molar-refractivity contribution in [2.75, 3.05) is 30.2 Å². The van der Waals surface area contributed by atoms with Gasteiger partial charge < -0.3 is 30.7 Å². The predicted molar refractivity (Wildman–Crippen MR) is 185 cm³/mol. The first kappa shape index (κ1) is 36.7. The topological polar surface area (TPSA) is 171 Å². The lowest BCUT2D eigenvalue weighted by molar-refractivity contribution is -0.147. The van der Waals surface area contributed by atoms with Gasteiger partial charge in [0, 0.05) is 22.9 Å². The number of aliphatic hydroxyl groups excluding tert-OH is 1. The number of amides is 4. The van der Waals surface area contributed by atoms with Crippen LogP contribution in [0, 0.1) is 0 Å². The summed E-state index contributed by atoms with van der Waals surface area (Å²) in [6.45, 7) is 4.96. The highest BCUT2D eigenvalue weighted by Gasteiger charge is 2.41. The van der Waals surface area contributed by atoms with Crippen LogP contribution in [-0.4, -0.2) is 102 Å². The Bertz CT molecular complexity index is 1720. The molecule has 1 aliphatic rings. The smallest absolute Gasteiger partial charge is 0.258 e. The maximum Gasteiger partial charge on any atom is 0.258 e. The van der Waals surface area contributed by atoms with E-state index in [-0.39, 0.29) is 18.2 Å². The van der Waals surface area contributed by atoms with Gasteiger partial charge in [-0.25, -0.2) is 8.42 Å². The van der Waals surface area contributed by atoms with Gasteiger partial charge in [0.15, 0.2) is 12.7 Å². The van der Waals surface area contributed by atoms with Crippen LogP contribution in [0.15, 0.2) is 72.8 Å². The van der Waals surface area contributed by atoms with Crippen molar-refractivity contribution in [3.05, 3.63) is 78.4 Å². The second-order valence-electron chi connectivity index (χ2n) is 12.8. The number of benzene rings is 3. The van der Waals surface area contributed by atoms with E-state index in [1.54, 1.807) is 42.5 Å². The number of aliphatic hydroxyl groups is 1. The van der Waals surface area contributed by atoms with Crippen LogP contribution in [0.25, 0.3) is 10.8 Å². The quantitative estimate of drug-likeness (QED) is 0.207. The van der Waals surface area contributed by atoms with Gasteiger partial charge in [0.1, 0.15) is 27.7 Å². The molecule has 0 saturated carbocycles. The van der Waals surface area contributed by atoms with Crippen LogP contribution in [0.2, 0.25) is 0 Å². The second kappa shape index (κ2) is 15.8. The maximum atomic E-state index is 13.7. The summed E-state index contributed by atoms with van der Waals surface area (Å²) < 4.78 is 30.4. The van der Waals surface area contributed by atoms with E-state index in [1.807, 2.05) is 51.1 Å². The molecule has 12 nitrogen and oxygen atoms in total. The highest BCUT2D eigenvalue weighted by molar-refractivity contribution is 7.99. The standard InChI is InChI=1S/C34H42N4O8S2/c1-34(2,3)37-32(42)27-19-47-21-38(27)33(43)30(40)25(17-22-11-6-5-7-12-22)36-31(41)26(20-48(4,44)45)35-29(39)18-46-28-16-10-14-23-13-8-9-15-24(23)28/h5-16,25-27,30,40H,17-21H2,1-4H3,(H,35,39)(H,36,41)(H,37,42)/t25-,26-,27-,30-/m0/s1. The molecule has 14 heteroatoms. The molecule has 1 fully saturated rings. The summed E-state index contributed by atoms with van der Waals surface area (Å²) in [5, 5.41) is 21.0. The van der Waals surface area contributed by atoms with Crippen molar-refractivity contribution in [3.8, 4) is 5.75 Å². The van der Waals surface area contributed by atoms with E-state index in [1.165, 1.54) is 16.7 Å². The molecule has 4 amide bonds. The van der Waals surface area contributed by atoms with Gasteiger partial charge in [-0.05, 0) is 44.2 Å². The summed E-state index contributed by atoms with van der Waals surface area (Å²) in [4.78, 5) is 54.6. The first-order valence-corrected chi connectivity index (χ1v) is 18.6. The van der Waals surface area contributed by atoms with Gasteiger partial charge in [0.25, 0.3) is 11.8 Å². The number of ether oxygens (including phenoxy) is 1. The number of nitrogens with one attached hydrogen (secondary N) is 3. The maximum absolute atomic E-state index is 13.7. The summed E-state index contributed by atoms with van der Waals surface area (Å²) >= 11 is 1.36. The van der Waals surface area contributed by atoms with Crippen LogP contribution < -0.4 is 20.7 Å². The molecule has 0 radical (unpaired) electrons. The van der Waals surface area contributed by atoms with Crippen molar-refractivity contribution < 1.29 is 37.4 Å². The molecule has 1 saturated heterocycles. The molecule has 48 heavy (non-hydrogen) atoms. The Hall–Kier alpha value is -4.14. The minimum atomic E-state index is -3.79. The SMILES string of the molecule is CC(C)(C)NC(=O)[C@@H]1CSCN1C(=O)[C@@H](O)[C@H](Cc1ccccc1)NC(=O)[C@H](CS(C)(=O)=O)NC(=O)COc1cccc2ccccc12. The summed E-state index contributed by atoms with van der Waals surface area (Å²) in [6.07, 6.45) is -0.856. The van der Waals surface area contributed by atoms with Crippen LogP contribution >= 0.6 is 11.8 Å². The number of sulfone groups is 1. The highest BCUT2D eigenvalue weighted by atomic mass is 32.2. The van der Waals surface area contributed by atoms with Crippen molar-refractivity contribution in [1.29, 1.82) is 0 Å². The fourth-order valence-electron chi connectivity index (χ4n) is 5.25. The monoisotopic (exact) mass is 698 g/mol. The third kappa shape index (κ3) is 10.4. The van der Waals surface area contributed by atoms with Crippen molar-refractivity contribution in [1.82, 2.24) is 20.9 Å². The molecule has 3 aromatic carbocycles. The van der Waals surface area contributed by atoms with E-state index in [0.29, 0.717) is 17.1 Å². The number of hydrogen-bond acceptors (Lipinski definition) is 9. The third-order valence-corrected chi connectivity index (χ3v) is 9.41. The number of rotatable bonds is 13. The molecule has 4 N–H and O–H groups in total. The van der Waals surface area contributed by atoms with E-state index in [2.05, 4.69) is 16.0 Å². The number of nitrogens with zero attached hydrogens (tertiary/aromatic N) is 1. The van der Waals surface area contributed by atoms with Crippen LogP contribution in [0.5, 0.6) is 5.75 Å². The Morgan fingerprint density at radius 1 is 0.979 bits per heavy atom. The first-order valence-electron chi connectivity index (χ1n) is 15.4. The molecule has 258 valence electrons. The van der Waals surface area contributed by atoms with Crippen molar-refractivity contribution >= 4 is 56.0 Å². The van der Waals surface area contributed by atoms with Gasteiger partial charge in [0.2, 0.25) is 11.8 Å². The Kier molecular flexibility index (Phi) is 12.1. The van der Waals surface area contributed by atoms with Gasteiger partial charge in [0.05, 0.1) is 17.7 Å². The van der Waals surface area contributed by atoms with Crippen molar-refractivity contribution in [3.63, 3.8) is 0 Å². The Labute approximate surface area is 284 Å². The number of hydrogen-bond donors (Lipinski definition) is 4. The van der Waals surface area contributed by atoms with Gasteiger partial charge in [-0.3, -0.25) is 19.2 Å². The van der Waals surface area contributed by atoms with Gasteiger partial charge >= 0.3 is 0 Å². The van der Waals surface area contributed by atoms with Crippen LogP contribution in [0.1, 0.15) is 26.3 Å². The van der Waals surface area contributed by atoms with Gasteiger partial charge in [-0.1, -0.05) is 66.7 Å². The average Bonchev–Trinajstić information content (AvgIpc) is 3.52. The lowest BCUT2D eigenvalue weighted by atomic mass is 9.99. The van der Waals surface area contributed by atoms with E-state index in [0.717, 1.165) is 17.0 Å². The Morgan fingerprint density at radius 3 is 2.33 bits per heavy atom. The number of fused-ring (bicyclic) bond motifs is 1. The zero-order valence-electron chi connectivity index (χ0n) is 27.3. The lowest BCUT2D eigenvalue weighted by Crippen LogP contribution is -2.60. The predicted octanol–water partition coefficient (Wildman–Crippen LogP) is 1.65. The molecule has 4 rings (SSSR count). The number of carbonyl (C=O) groups excluding carboxylic acids is 4. The minimum Gasteiger partial charge on any atom is -0.483 e. The minimum absolute atomic E-state index is 0.00303. The van der Waals surface area contributed by atoms with E-state index in [9.17, 15) is 32.7 Å². The first-order chi connectivity index (χ1) is 22.6. The number of thioether (sulfide) groups is 1. The van der Waals surface area contributed by atoms with Crippen molar-refractivity contribution in [2.24, 2.45) is 0 Å². The molecule has 0 unspecified atom stereocenters. The van der Waals surface area contributed by atoms with E-state index >= 15 is 0 Å². The lowest BCUT2D eigenvalue weighted by Gasteiger charge is -2.32. The fourth-order valence-corrected chi connectivity index (χ4v) is 7.26. The van der Waals surface area contributed by atoms with E-state index < -0.39 is 69.7 Å². The summed E-state index contributed by atoms with van der Waals surface area (Å²) in [5.41, 5.74) is 0.139. The van der Waals surface area contributed by atoms with Gasteiger partial charge in [-0.15, -0.1) is 11.8 Å². The normalized spacial score (nSPS) is 16.9. The molecule has 0 aliphatic carbocycles. The Balaban J connectivity index is 1.51. The Morgan fingerprint density at radius 2 is 1.65 bits per heavy atom. The molecule has 4 atom stereocenters.